The van der Waals surface area contributed by atoms with Crippen LogP contribution in [-0.2, 0) is 11.3 Å². The van der Waals surface area contributed by atoms with Crippen LogP contribution in [0.1, 0.15) is 5.56 Å². The smallest absolute Gasteiger partial charge is 0.317 e. The second-order valence-corrected chi connectivity index (χ2v) is 5.06. The first kappa shape index (κ1) is 15.9. The van der Waals surface area contributed by atoms with E-state index in [0.717, 1.165) is 6.54 Å². The summed E-state index contributed by atoms with van der Waals surface area (Å²) in [6, 6.07) is 4.53. The Hall–Kier alpha value is -1.17. The molecule has 4 nitrogen and oxygen atoms in total. The summed E-state index contributed by atoms with van der Waals surface area (Å²) in [6.07, 6.45) is 0. The minimum absolute atomic E-state index is 0.0711. The van der Waals surface area contributed by atoms with E-state index in [1.165, 1.54) is 12.1 Å². The number of carboxylic acids is 1. The standard InChI is InChI=1S/C13H18ClFN2O2/c1-16(2)5-6-17(9-13(18)19)8-10-3-4-11(14)12(15)7-10/h3-4,7H,5-6,8-9H2,1-2H3,(H,18,19). The molecule has 0 radical (unpaired) electrons. The van der Waals surface area contributed by atoms with Crippen molar-refractivity contribution in [1.29, 1.82) is 0 Å². The van der Waals surface area contributed by atoms with Crippen LogP contribution in [-0.4, -0.2) is 54.6 Å². The maximum Gasteiger partial charge on any atom is 0.317 e. The van der Waals surface area contributed by atoms with E-state index in [-0.39, 0.29) is 11.6 Å². The van der Waals surface area contributed by atoms with Crippen molar-refractivity contribution in [2.24, 2.45) is 0 Å². The zero-order chi connectivity index (χ0) is 14.4. The number of hydrogen-bond donors (Lipinski definition) is 1. The quantitative estimate of drug-likeness (QED) is 0.833. The minimum Gasteiger partial charge on any atom is -0.480 e. The van der Waals surface area contributed by atoms with Crippen molar-refractivity contribution in [2.45, 2.75) is 6.54 Å². The summed E-state index contributed by atoms with van der Waals surface area (Å²) in [5, 5.41) is 8.95. The van der Waals surface area contributed by atoms with Crippen LogP contribution in [0.4, 0.5) is 4.39 Å². The molecule has 0 saturated heterocycles. The van der Waals surface area contributed by atoms with Gasteiger partial charge in [0.25, 0.3) is 0 Å². The highest BCUT2D eigenvalue weighted by molar-refractivity contribution is 6.30. The molecule has 0 amide bonds. The van der Waals surface area contributed by atoms with E-state index in [0.29, 0.717) is 18.7 Å². The molecule has 1 aromatic rings. The Morgan fingerprint density at radius 1 is 1.37 bits per heavy atom. The minimum atomic E-state index is -0.895. The molecule has 0 saturated carbocycles. The van der Waals surface area contributed by atoms with Gasteiger partial charge in [0.2, 0.25) is 0 Å². The first-order valence-corrected chi connectivity index (χ1v) is 6.29. The van der Waals surface area contributed by atoms with E-state index in [1.807, 2.05) is 19.0 Å². The van der Waals surface area contributed by atoms with Gasteiger partial charge < -0.3 is 10.0 Å². The molecule has 0 heterocycles. The van der Waals surface area contributed by atoms with Gasteiger partial charge in [0.15, 0.2) is 0 Å². The first-order chi connectivity index (χ1) is 8.88. The molecule has 0 aromatic heterocycles. The zero-order valence-corrected chi connectivity index (χ0v) is 11.8. The van der Waals surface area contributed by atoms with Gasteiger partial charge >= 0.3 is 5.97 Å². The van der Waals surface area contributed by atoms with Crippen LogP contribution in [0.2, 0.25) is 5.02 Å². The van der Waals surface area contributed by atoms with Crippen LogP contribution in [0.15, 0.2) is 18.2 Å². The third kappa shape index (κ3) is 6.00. The SMILES string of the molecule is CN(C)CCN(CC(=O)O)Cc1ccc(Cl)c(F)c1. The number of hydrogen-bond acceptors (Lipinski definition) is 3. The van der Waals surface area contributed by atoms with Gasteiger partial charge in [0.05, 0.1) is 11.6 Å². The van der Waals surface area contributed by atoms with E-state index in [9.17, 15) is 9.18 Å². The largest absolute Gasteiger partial charge is 0.480 e. The van der Waals surface area contributed by atoms with Crippen LogP contribution in [0.25, 0.3) is 0 Å². The molecule has 1 aromatic carbocycles. The van der Waals surface area contributed by atoms with Crippen LogP contribution in [0.3, 0.4) is 0 Å². The van der Waals surface area contributed by atoms with Crippen molar-refractivity contribution in [3.8, 4) is 0 Å². The van der Waals surface area contributed by atoms with Crippen molar-refractivity contribution < 1.29 is 14.3 Å². The third-order valence-electron chi connectivity index (χ3n) is 2.61. The summed E-state index contributed by atoms with van der Waals surface area (Å²) in [5.74, 6) is -1.38. The number of benzene rings is 1. The molecule has 0 bridgehead atoms. The highest BCUT2D eigenvalue weighted by Gasteiger charge is 2.11. The number of likely N-dealkylation sites (N-methyl/N-ethyl adjacent to an activating group) is 1. The van der Waals surface area contributed by atoms with E-state index >= 15 is 0 Å². The van der Waals surface area contributed by atoms with Crippen LogP contribution >= 0.6 is 11.6 Å². The summed E-state index contributed by atoms with van der Waals surface area (Å²) < 4.78 is 13.3. The van der Waals surface area contributed by atoms with Crippen molar-refractivity contribution in [2.75, 3.05) is 33.7 Å². The highest BCUT2D eigenvalue weighted by atomic mass is 35.5. The Morgan fingerprint density at radius 3 is 2.58 bits per heavy atom. The van der Waals surface area contributed by atoms with Gasteiger partial charge in [-0.05, 0) is 31.8 Å². The lowest BCUT2D eigenvalue weighted by Crippen LogP contribution is -2.35. The van der Waals surface area contributed by atoms with Crippen LogP contribution in [0.5, 0.6) is 0 Å². The van der Waals surface area contributed by atoms with Gasteiger partial charge in [-0.25, -0.2) is 4.39 Å². The highest BCUT2D eigenvalue weighted by Crippen LogP contribution is 2.16. The number of halogens is 2. The third-order valence-corrected chi connectivity index (χ3v) is 2.92. The van der Waals surface area contributed by atoms with Gasteiger partial charge in [-0.1, -0.05) is 17.7 Å². The van der Waals surface area contributed by atoms with Crippen molar-refractivity contribution >= 4 is 17.6 Å². The summed E-state index contributed by atoms with van der Waals surface area (Å²) in [7, 11) is 3.84. The Morgan fingerprint density at radius 2 is 2.05 bits per heavy atom. The fraction of sp³-hybridized carbons (Fsp3) is 0.462. The summed E-state index contributed by atoms with van der Waals surface area (Å²) in [4.78, 5) is 14.5. The fourth-order valence-electron chi connectivity index (χ4n) is 1.64. The second-order valence-electron chi connectivity index (χ2n) is 4.66. The first-order valence-electron chi connectivity index (χ1n) is 5.91. The maximum absolute atomic E-state index is 13.3. The average molecular weight is 289 g/mol. The predicted octanol–water partition coefficient (Wildman–Crippen LogP) is 1.93. The van der Waals surface area contributed by atoms with Gasteiger partial charge in [-0.15, -0.1) is 0 Å². The fourth-order valence-corrected chi connectivity index (χ4v) is 1.76. The Kier molecular flexibility index (Phi) is 6.21. The topological polar surface area (TPSA) is 43.8 Å². The van der Waals surface area contributed by atoms with Crippen LogP contribution < -0.4 is 0 Å². The van der Waals surface area contributed by atoms with E-state index in [4.69, 9.17) is 16.7 Å². The monoisotopic (exact) mass is 288 g/mol. The number of aliphatic carboxylic acids is 1. The zero-order valence-electron chi connectivity index (χ0n) is 11.1. The summed E-state index contributed by atoms with van der Waals surface area (Å²) >= 11 is 5.61. The maximum atomic E-state index is 13.3. The lowest BCUT2D eigenvalue weighted by molar-refractivity contribution is -0.138. The molecule has 0 aliphatic carbocycles. The molecule has 0 aliphatic rings. The summed E-state index contributed by atoms with van der Waals surface area (Å²) in [5.41, 5.74) is 0.710. The van der Waals surface area contributed by atoms with Crippen LogP contribution in [0, 0.1) is 5.82 Å². The normalized spacial score (nSPS) is 11.3. The lowest BCUT2D eigenvalue weighted by Gasteiger charge is -2.22. The van der Waals surface area contributed by atoms with Crippen molar-refractivity contribution in [1.82, 2.24) is 9.80 Å². The molecule has 106 valence electrons. The number of carboxylic acid groups (broad SMARTS) is 1. The average Bonchev–Trinajstić information content (AvgIpc) is 2.30. The Balaban J connectivity index is 2.69. The van der Waals surface area contributed by atoms with Crippen molar-refractivity contribution in [3.63, 3.8) is 0 Å². The molecule has 0 unspecified atom stereocenters. The Labute approximate surface area is 117 Å². The van der Waals surface area contributed by atoms with E-state index < -0.39 is 11.8 Å². The molecule has 1 N–H and O–H groups in total. The van der Waals surface area contributed by atoms with E-state index in [2.05, 4.69) is 0 Å². The molecule has 6 heteroatoms. The Bertz CT molecular complexity index is 441. The molecule has 1 rings (SSSR count). The molecule has 0 spiro atoms. The van der Waals surface area contributed by atoms with Gasteiger partial charge in [-0.3, -0.25) is 9.69 Å². The second kappa shape index (κ2) is 7.43. The number of rotatable bonds is 7. The molecule has 0 aliphatic heterocycles. The molecular formula is C13H18ClFN2O2. The van der Waals surface area contributed by atoms with Crippen molar-refractivity contribution in [3.05, 3.63) is 34.6 Å². The van der Waals surface area contributed by atoms with Gasteiger partial charge in [0, 0.05) is 19.6 Å². The lowest BCUT2D eigenvalue weighted by atomic mass is 10.2. The van der Waals surface area contributed by atoms with Gasteiger partial charge in [-0.2, -0.15) is 0 Å². The van der Waals surface area contributed by atoms with E-state index in [1.54, 1.807) is 11.0 Å². The number of carbonyl (C=O) groups is 1. The molecular weight excluding hydrogens is 271 g/mol. The summed E-state index contributed by atoms with van der Waals surface area (Å²) in [6.45, 7) is 1.65. The molecule has 0 atom stereocenters. The molecule has 0 fully saturated rings. The number of nitrogens with zero attached hydrogens (tertiary/aromatic N) is 2. The molecule has 19 heavy (non-hydrogen) atoms. The predicted molar refractivity (Wildman–Crippen MR) is 72.9 cm³/mol. The van der Waals surface area contributed by atoms with Gasteiger partial charge in [0.1, 0.15) is 5.82 Å².